The molecule has 0 amide bonds. The molecule has 71 heavy (non-hydrogen) atoms. The number of rotatable bonds is 52. The molecular formula is C65H108O6. The second-order valence-corrected chi connectivity index (χ2v) is 19.1. The van der Waals surface area contributed by atoms with Crippen molar-refractivity contribution in [3.8, 4) is 0 Å². The molecule has 0 aliphatic heterocycles. The van der Waals surface area contributed by atoms with Crippen LogP contribution in [0.2, 0.25) is 0 Å². The Morgan fingerprint density at radius 3 is 0.887 bits per heavy atom. The fraction of sp³-hybridized carbons (Fsp3) is 0.677. The third-order valence-corrected chi connectivity index (χ3v) is 12.3. The molecule has 0 aromatic carbocycles. The molecule has 6 heteroatoms. The van der Waals surface area contributed by atoms with Crippen molar-refractivity contribution in [3.63, 3.8) is 0 Å². The summed E-state index contributed by atoms with van der Waals surface area (Å²) < 4.78 is 16.8. The molecule has 0 saturated heterocycles. The average molecular weight is 986 g/mol. The number of hydrogen-bond acceptors (Lipinski definition) is 6. The van der Waals surface area contributed by atoms with Crippen molar-refractivity contribution in [1.82, 2.24) is 0 Å². The second kappa shape index (κ2) is 58.6. The van der Waals surface area contributed by atoms with Crippen LogP contribution in [0, 0.1) is 0 Å². The Kier molecular flexibility index (Phi) is 55.4. The van der Waals surface area contributed by atoms with E-state index in [0.29, 0.717) is 19.3 Å². The summed E-state index contributed by atoms with van der Waals surface area (Å²) in [6.45, 7) is 6.36. The summed E-state index contributed by atoms with van der Waals surface area (Å²) in [5, 5.41) is 0. The Morgan fingerprint density at radius 2 is 0.549 bits per heavy atom. The van der Waals surface area contributed by atoms with Gasteiger partial charge in [-0.15, -0.1) is 0 Å². The first-order valence-electron chi connectivity index (χ1n) is 29.4. The summed E-state index contributed by atoms with van der Waals surface area (Å²) >= 11 is 0. The molecule has 6 nitrogen and oxygen atoms in total. The molecule has 0 N–H and O–H groups in total. The highest BCUT2D eigenvalue weighted by molar-refractivity contribution is 5.71. The number of esters is 3. The third kappa shape index (κ3) is 56.9. The molecule has 0 aromatic heterocycles. The topological polar surface area (TPSA) is 78.9 Å². The highest BCUT2D eigenvalue weighted by Crippen LogP contribution is 2.16. The maximum Gasteiger partial charge on any atom is 0.306 e. The minimum Gasteiger partial charge on any atom is -0.462 e. The quantitative estimate of drug-likeness (QED) is 0.0261. The van der Waals surface area contributed by atoms with Gasteiger partial charge in [-0.1, -0.05) is 252 Å². The molecule has 0 radical (unpaired) electrons. The first-order valence-corrected chi connectivity index (χ1v) is 29.4. The zero-order chi connectivity index (χ0) is 51.4. The summed E-state index contributed by atoms with van der Waals surface area (Å²) in [7, 11) is 0. The van der Waals surface area contributed by atoms with Crippen molar-refractivity contribution < 1.29 is 28.6 Å². The summed E-state index contributed by atoms with van der Waals surface area (Å²) in [6, 6.07) is 0. The maximum absolute atomic E-state index is 12.8. The van der Waals surface area contributed by atoms with E-state index in [2.05, 4.69) is 130 Å². The molecule has 0 bridgehead atoms. The van der Waals surface area contributed by atoms with Gasteiger partial charge >= 0.3 is 17.9 Å². The number of ether oxygens (including phenoxy) is 3. The van der Waals surface area contributed by atoms with Crippen molar-refractivity contribution in [2.24, 2.45) is 0 Å². The maximum atomic E-state index is 12.8. The fourth-order valence-electron chi connectivity index (χ4n) is 7.93. The lowest BCUT2D eigenvalue weighted by Crippen LogP contribution is -2.30. The van der Waals surface area contributed by atoms with Crippen molar-refractivity contribution in [1.29, 1.82) is 0 Å². The summed E-state index contributed by atoms with van der Waals surface area (Å²) in [5.41, 5.74) is 0. The van der Waals surface area contributed by atoms with Crippen LogP contribution in [0.15, 0.2) is 109 Å². The van der Waals surface area contributed by atoms with E-state index in [4.69, 9.17) is 14.2 Å². The van der Waals surface area contributed by atoms with E-state index in [-0.39, 0.29) is 37.5 Å². The van der Waals surface area contributed by atoms with Crippen molar-refractivity contribution in [3.05, 3.63) is 109 Å². The van der Waals surface area contributed by atoms with Crippen molar-refractivity contribution in [2.75, 3.05) is 13.2 Å². The second-order valence-electron chi connectivity index (χ2n) is 19.1. The van der Waals surface area contributed by atoms with Crippen LogP contribution in [0.3, 0.4) is 0 Å². The first kappa shape index (κ1) is 67.1. The molecule has 0 rings (SSSR count). The fourth-order valence-corrected chi connectivity index (χ4v) is 7.93. The van der Waals surface area contributed by atoms with E-state index < -0.39 is 6.10 Å². The zero-order valence-corrected chi connectivity index (χ0v) is 46.2. The molecule has 0 aliphatic rings. The van der Waals surface area contributed by atoms with Gasteiger partial charge in [0.1, 0.15) is 13.2 Å². The largest absolute Gasteiger partial charge is 0.462 e. The van der Waals surface area contributed by atoms with Gasteiger partial charge in [-0.25, -0.2) is 0 Å². The first-order chi connectivity index (χ1) is 35.0. The minimum absolute atomic E-state index is 0.105. The Hall–Kier alpha value is -3.93. The van der Waals surface area contributed by atoms with Gasteiger partial charge in [-0.05, 0) is 103 Å². The van der Waals surface area contributed by atoms with Gasteiger partial charge < -0.3 is 14.2 Å². The van der Waals surface area contributed by atoms with Crippen LogP contribution in [0.1, 0.15) is 265 Å². The molecule has 0 heterocycles. The summed E-state index contributed by atoms with van der Waals surface area (Å²) in [4.78, 5) is 38.2. The summed E-state index contributed by atoms with van der Waals surface area (Å²) in [6.07, 6.45) is 79.4. The van der Waals surface area contributed by atoms with Crippen molar-refractivity contribution >= 4 is 17.9 Å². The molecule has 0 fully saturated rings. The van der Waals surface area contributed by atoms with Crippen LogP contribution in [0.5, 0.6) is 0 Å². The average Bonchev–Trinajstić information content (AvgIpc) is 3.37. The molecule has 0 saturated carbocycles. The molecule has 0 aromatic rings. The van der Waals surface area contributed by atoms with E-state index in [1.54, 1.807) is 0 Å². The summed E-state index contributed by atoms with van der Waals surface area (Å²) in [5.74, 6) is -0.977. The molecule has 0 aliphatic carbocycles. The lowest BCUT2D eigenvalue weighted by atomic mass is 10.0. The monoisotopic (exact) mass is 985 g/mol. The highest BCUT2D eigenvalue weighted by Gasteiger charge is 2.19. The molecule has 0 unspecified atom stereocenters. The molecular weight excluding hydrogens is 877 g/mol. The lowest BCUT2D eigenvalue weighted by Gasteiger charge is -2.18. The van der Waals surface area contributed by atoms with E-state index in [9.17, 15) is 14.4 Å². The van der Waals surface area contributed by atoms with Gasteiger partial charge in [0.05, 0.1) is 0 Å². The van der Waals surface area contributed by atoms with Gasteiger partial charge in [0.25, 0.3) is 0 Å². The van der Waals surface area contributed by atoms with Gasteiger partial charge in [0.2, 0.25) is 0 Å². The normalized spacial score (nSPS) is 12.9. The minimum atomic E-state index is -0.815. The van der Waals surface area contributed by atoms with Crippen molar-refractivity contribution in [2.45, 2.75) is 271 Å². The number of unbranched alkanes of at least 4 members (excludes halogenated alkanes) is 23. The Morgan fingerprint density at radius 1 is 0.296 bits per heavy atom. The van der Waals surface area contributed by atoms with E-state index in [1.807, 2.05) is 0 Å². The van der Waals surface area contributed by atoms with Gasteiger partial charge in [0, 0.05) is 19.3 Å². The van der Waals surface area contributed by atoms with Gasteiger partial charge in [-0.2, -0.15) is 0 Å². The SMILES string of the molecule is CC/C=C\C/C=C\C/C=C\C/C=C\C/C=C\CCCCCC(=O)OC[C@H](COC(=O)CCCCCCCCCCCCCCCCCCCCC)OC(=O)CCCC/C=C\C/C=C\C/C=C\C/C=C\CC. The predicted molar refractivity (Wildman–Crippen MR) is 307 cm³/mol. The smallest absolute Gasteiger partial charge is 0.306 e. The van der Waals surface area contributed by atoms with E-state index >= 15 is 0 Å². The Balaban J connectivity index is 4.47. The van der Waals surface area contributed by atoms with Crippen LogP contribution in [-0.4, -0.2) is 37.2 Å². The predicted octanol–water partition coefficient (Wildman–Crippen LogP) is 19.9. The third-order valence-electron chi connectivity index (χ3n) is 12.3. The Labute approximate surface area is 438 Å². The number of allylic oxidation sites excluding steroid dienone is 18. The highest BCUT2D eigenvalue weighted by atomic mass is 16.6. The number of hydrogen-bond donors (Lipinski definition) is 0. The van der Waals surface area contributed by atoms with E-state index in [0.717, 1.165) is 116 Å². The lowest BCUT2D eigenvalue weighted by molar-refractivity contribution is -0.167. The van der Waals surface area contributed by atoms with Gasteiger partial charge in [-0.3, -0.25) is 14.4 Å². The Bertz CT molecular complexity index is 1460. The number of carbonyl (C=O) groups is 3. The zero-order valence-electron chi connectivity index (χ0n) is 46.2. The number of carbonyl (C=O) groups excluding carboxylic acids is 3. The van der Waals surface area contributed by atoms with Crippen LogP contribution < -0.4 is 0 Å². The molecule has 0 spiro atoms. The van der Waals surface area contributed by atoms with Crippen LogP contribution in [0.25, 0.3) is 0 Å². The van der Waals surface area contributed by atoms with Crippen LogP contribution in [0.4, 0.5) is 0 Å². The standard InChI is InChI=1S/C65H108O6/c1-4-7-10-13-16-19-22-25-28-30-32-34-37-39-42-45-48-51-54-57-63(66)69-60-62(71-65(68)59-56-53-50-47-44-41-36-27-24-21-18-15-12-9-6-3)61-70-64(67)58-55-52-49-46-43-40-38-35-33-31-29-26-23-20-17-14-11-8-5-2/h7,9-10,12,16,18-19,21,25,27-28,32,34,36,39,42,44,47,62H,4-6,8,11,13-15,17,20,22-24,26,29-31,33,35,37-38,40-41,43,45-46,48-61H2,1-3H3/b10-7-,12-9-,19-16-,21-18-,28-25-,34-32-,36-27-,42-39-,47-44-/t62-/m1/s1. The van der Waals surface area contributed by atoms with E-state index in [1.165, 1.54) is 103 Å². The van der Waals surface area contributed by atoms with Crippen LogP contribution >= 0.6 is 0 Å². The van der Waals surface area contributed by atoms with Gasteiger partial charge in [0.15, 0.2) is 6.10 Å². The molecule has 404 valence electrons. The van der Waals surface area contributed by atoms with Crippen LogP contribution in [-0.2, 0) is 28.6 Å². The molecule has 1 atom stereocenters.